The first-order valence-electron chi connectivity index (χ1n) is 6.10. The zero-order valence-electron chi connectivity index (χ0n) is 11.3. The molecule has 0 unspecified atom stereocenters. The number of ether oxygens (including phenoxy) is 1. The summed E-state index contributed by atoms with van der Waals surface area (Å²) in [5.74, 6) is 0.364. The molecule has 19 heavy (non-hydrogen) atoms. The van der Waals surface area contributed by atoms with Crippen LogP contribution in [-0.4, -0.2) is 23.7 Å². The van der Waals surface area contributed by atoms with Crippen LogP contribution in [0, 0.1) is 6.92 Å². The summed E-state index contributed by atoms with van der Waals surface area (Å²) in [7, 11) is 0. The fourth-order valence-corrected chi connectivity index (χ4v) is 1.49. The number of hydrazine groups is 1. The number of carbonyl (C=O) groups excluding carboxylic acids is 1. The Morgan fingerprint density at radius 2 is 1.95 bits per heavy atom. The molecular formula is C13H19N3O2S. The van der Waals surface area contributed by atoms with Crippen molar-refractivity contribution in [1.82, 2.24) is 16.2 Å². The highest BCUT2D eigenvalue weighted by molar-refractivity contribution is 7.80. The zero-order chi connectivity index (χ0) is 14.3. The minimum Gasteiger partial charge on any atom is -0.481 e. The first kappa shape index (κ1) is 15.2. The van der Waals surface area contributed by atoms with Crippen LogP contribution in [0.2, 0.25) is 0 Å². The molecule has 104 valence electrons. The van der Waals surface area contributed by atoms with Crippen LogP contribution >= 0.6 is 12.2 Å². The standard InChI is InChI=1S/C13H19N3O2S/c1-4-14-13(19)16-15-12(17)10(3)18-11-7-5-9(2)6-8-11/h5-8,10H,4H2,1-3H3,(H,15,17)(H2,14,16,19)/t10-/m1/s1. The lowest BCUT2D eigenvalue weighted by Gasteiger charge is -2.16. The maximum atomic E-state index is 11.7. The van der Waals surface area contributed by atoms with Crippen molar-refractivity contribution in [2.24, 2.45) is 0 Å². The molecule has 0 saturated carbocycles. The van der Waals surface area contributed by atoms with E-state index in [2.05, 4.69) is 16.2 Å². The molecule has 1 amide bonds. The number of rotatable bonds is 4. The molecular weight excluding hydrogens is 262 g/mol. The first-order valence-corrected chi connectivity index (χ1v) is 6.50. The number of amides is 1. The molecule has 0 saturated heterocycles. The minimum absolute atomic E-state index is 0.291. The molecule has 3 N–H and O–H groups in total. The van der Waals surface area contributed by atoms with E-state index in [0.29, 0.717) is 17.4 Å². The third kappa shape index (κ3) is 5.56. The van der Waals surface area contributed by atoms with E-state index >= 15 is 0 Å². The smallest absolute Gasteiger partial charge is 0.279 e. The fraction of sp³-hybridized carbons (Fsp3) is 0.385. The predicted molar refractivity (Wildman–Crippen MR) is 78.8 cm³/mol. The summed E-state index contributed by atoms with van der Waals surface area (Å²) in [6.45, 7) is 6.27. The third-order valence-corrected chi connectivity index (χ3v) is 2.59. The summed E-state index contributed by atoms with van der Waals surface area (Å²) < 4.78 is 5.51. The molecule has 1 aromatic carbocycles. The van der Waals surface area contributed by atoms with E-state index in [1.165, 1.54) is 0 Å². The van der Waals surface area contributed by atoms with Crippen molar-refractivity contribution in [3.05, 3.63) is 29.8 Å². The molecule has 0 aliphatic heterocycles. The Labute approximate surface area is 118 Å². The van der Waals surface area contributed by atoms with E-state index in [1.54, 1.807) is 6.92 Å². The Balaban J connectivity index is 2.40. The Bertz CT molecular complexity index is 434. The lowest BCUT2D eigenvalue weighted by atomic mass is 10.2. The summed E-state index contributed by atoms with van der Waals surface area (Å²) in [4.78, 5) is 11.7. The molecule has 0 bridgehead atoms. The van der Waals surface area contributed by atoms with Gasteiger partial charge in [-0.1, -0.05) is 17.7 Å². The number of aryl methyl sites for hydroxylation is 1. The molecule has 1 rings (SSSR count). The Kier molecular flexibility index (Phi) is 6.08. The van der Waals surface area contributed by atoms with Gasteiger partial charge in [0.25, 0.3) is 5.91 Å². The number of benzene rings is 1. The number of thiocarbonyl (C=S) groups is 1. The van der Waals surface area contributed by atoms with Gasteiger partial charge in [-0.25, -0.2) is 0 Å². The second-order valence-corrected chi connectivity index (χ2v) is 4.46. The fourth-order valence-electron chi connectivity index (χ4n) is 1.30. The van der Waals surface area contributed by atoms with Gasteiger partial charge in [0, 0.05) is 6.54 Å². The van der Waals surface area contributed by atoms with Gasteiger partial charge >= 0.3 is 0 Å². The molecule has 0 spiro atoms. The second-order valence-electron chi connectivity index (χ2n) is 4.05. The summed E-state index contributed by atoms with van der Waals surface area (Å²) >= 11 is 4.92. The summed E-state index contributed by atoms with van der Waals surface area (Å²) in [6.07, 6.45) is -0.611. The van der Waals surface area contributed by atoms with Crippen molar-refractivity contribution in [3.8, 4) is 5.75 Å². The summed E-state index contributed by atoms with van der Waals surface area (Å²) in [5.41, 5.74) is 6.22. The molecule has 5 nitrogen and oxygen atoms in total. The van der Waals surface area contributed by atoms with Gasteiger partial charge in [0.1, 0.15) is 5.75 Å². The highest BCUT2D eigenvalue weighted by atomic mass is 32.1. The minimum atomic E-state index is -0.611. The third-order valence-electron chi connectivity index (χ3n) is 2.34. The second kappa shape index (κ2) is 7.58. The maximum absolute atomic E-state index is 11.7. The zero-order valence-corrected chi connectivity index (χ0v) is 12.1. The van der Waals surface area contributed by atoms with Crippen LogP contribution in [0.3, 0.4) is 0 Å². The molecule has 0 aromatic heterocycles. The van der Waals surface area contributed by atoms with Crippen LogP contribution in [0.25, 0.3) is 0 Å². The van der Waals surface area contributed by atoms with E-state index in [9.17, 15) is 4.79 Å². The van der Waals surface area contributed by atoms with Gasteiger partial charge < -0.3 is 10.1 Å². The molecule has 0 aliphatic rings. The SMILES string of the molecule is CCNC(=S)NNC(=O)[C@@H](C)Oc1ccc(C)cc1. The molecule has 1 atom stereocenters. The molecule has 0 fully saturated rings. The van der Waals surface area contributed by atoms with E-state index in [0.717, 1.165) is 5.56 Å². The van der Waals surface area contributed by atoms with Crippen LogP contribution in [0.1, 0.15) is 19.4 Å². The number of carbonyl (C=O) groups is 1. The van der Waals surface area contributed by atoms with Gasteiger partial charge in [0.05, 0.1) is 0 Å². The average molecular weight is 281 g/mol. The highest BCUT2D eigenvalue weighted by Crippen LogP contribution is 2.13. The van der Waals surface area contributed by atoms with Gasteiger partial charge in [-0.05, 0) is 45.1 Å². The Hall–Kier alpha value is -1.82. The van der Waals surface area contributed by atoms with Crippen LogP contribution in [0.4, 0.5) is 0 Å². The van der Waals surface area contributed by atoms with E-state index in [4.69, 9.17) is 17.0 Å². The Morgan fingerprint density at radius 1 is 1.32 bits per heavy atom. The summed E-state index contributed by atoms with van der Waals surface area (Å²) in [6, 6.07) is 7.52. The van der Waals surface area contributed by atoms with Crippen LogP contribution in [0.5, 0.6) is 5.75 Å². The van der Waals surface area contributed by atoms with Gasteiger partial charge in [0.15, 0.2) is 11.2 Å². The maximum Gasteiger partial charge on any atom is 0.279 e. The van der Waals surface area contributed by atoms with Gasteiger partial charge in [-0.2, -0.15) is 0 Å². The quantitative estimate of drug-likeness (QED) is 0.573. The lowest BCUT2D eigenvalue weighted by molar-refractivity contribution is -0.127. The largest absolute Gasteiger partial charge is 0.481 e. The predicted octanol–water partition coefficient (Wildman–Crippen LogP) is 1.28. The van der Waals surface area contributed by atoms with E-state index in [-0.39, 0.29) is 5.91 Å². The van der Waals surface area contributed by atoms with Gasteiger partial charge in [-0.15, -0.1) is 0 Å². The van der Waals surface area contributed by atoms with Gasteiger partial charge in [0.2, 0.25) is 0 Å². The van der Waals surface area contributed by atoms with Crippen LogP contribution in [-0.2, 0) is 4.79 Å². The van der Waals surface area contributed by atoms with Crippen LogP contribution < -0.4 is 20.9 Å². The monoisotopic (exact) mass is 281 g/mol. The molecule has 6 heteroatoms. The number of nitrogens with one attached hydrogen (secondary N) is 3. The molecule has 1 aromatic rings. The van der Waals surface area contributed by atoms with Crippen molar-refractivity contribution in [1.29, 1.82) is 0 Å². The number of hydrogen-bond donors (Lipinski definition) is 3. The average Bonchev–Trinajstić information content (AvgIpc) is 2.39. The van der Waals surface area contributed by atoms with Crippen molar-refractivity contribution < 1.29 is 9.53 Å². The normalized spacial score (nSPS) is 11.3. The molecule has 0 aliphatic carbocycles. The van der Waals surface area contributed by atoms with Crippen molar-refractivity contribution in [3.63, 3.8) is 0 Å². The first-order chi connectivity index (χ1) is 9.02. The lowest BCUT2D eigenvalue weighted by Crippen LogP contribution is -2.50. The van der Waals surface area contributed by atoms with Crippen molar-refractivity contribution in [2.45, 2.75) is 26.9 Å². The van der Waals surface area contributed by atoms with Crippen LogP contribution in [0.15, 0.2) is 24.3 Å². The van der Waals surface area contributed by atoms with E-state index in [1.807, 2.05) is 38.1 Å². The molecule has 0 radical (unpaired) electrons. The van der Waals surface area contributed by atoms with Crippen molar-refractivity contribution in [2.75, 3.05) is 6.54 Å². The highest BCUT2D eigenvalue weighted by Gasteiger charge is 2.14. The van der Waals surface area contributed by atoms with Crippen molar-refractivity contribution >= 4 is 23.2 Å². The van der Waals surface area contributed by atoms with E-state index < -0.39 is 6.10 Å². The van der Waals surface area contributed by atoms with Gasteiger partial charge in [-0.3, -0.25) is 15.6 Å². The number of hydrogen-bond acceptors (Lipinski definition) is 3. The topological polar surface area (TPSA) is 62.4 Å². The summed E-state index contributed by atoms with van der Waals surface area (Å²) in [5, 5.41) is 3.23. The Morgan fingerprint density at radius 3 is 2.53 bits per heavy atom. The molecule has 0 heterocycles.